The number of H-pyrrole nitrogens is 1. The highest BCUT2D eigenvalue weighted by atomic mass is 16.5. The van der Waals surface area contributed by atoms with Crippen molar-refractivity contribution in [1.82, 2.24) is 19.9 Å². The molecule has 2 N–H and O–H groups in total. The lowest BCUT2D eigenvalue weighted by molar-refractivity contribution is 0.0284. The Kier molecular flexibility index (Phi) is 4.42. The van der Waals surface area contributed by atoms with Crippen LogP contribution in [0.4, 0.5) is 5.82 Å². The SMILES string of the molecule is c1nc(NCCCOC2CCCCC2)c2[nH]cnc2n1. The third kappa shape index (κ3) is 3.25. The van der Waals surface area contributed by atoms with Crippen molar-refractivity contribution in [2.75, 3.05) is 18.5 Å². The van der Waals surface area contributed by atoms with Crippen LogP contribution >= 0.6 is 0 Å². The Labute approximate surface area is 118 Å². The molecule has 0 saturated heterocycles. The van der Waals surface area contributed by atoms with Crippen LogP contribution in [0.2, 0.25) is 0 Å². The van der Waals surface area contributed by atoms with Crippen LogP contribution in [0.25, 0.3) is 11.2 Å². The summed E-state index contributed by atoms with van der Waals surface area (Å²) >= 11 is 0. The Morgan fingerprint density at radius 3 is 3.00 bits per heavy atom. The molecule has 108 valence electrons. The quantitative estimate of drug-likeness (QED) is 0.792. The zero-order valence-corrected chi connectivity index (χ0v) is 11.6. The monoisotopic (exact) mass is 275 g/mol. The van der Waals surface area contributed by atoms with Crippen LogP contribution in [-0.4, -0.2) is 39.2 Å². The van der Waals surface area contributed by atoms with Crippen molar-refractivity contribution < 1.29 is 4.74 Å². The van der Waals surface area contributed by atoms with Crippen LogP contribution in [0.1, 0.15) is 38.5 Å². The number of hydrogen-bond donors (Lipinski definition) is 2. The number of rotatable bonds is 6. The van der Waals surface area contributed by atoms with Gasteiger partial charge in [0.25, 0.3) is 0 Å². The number of aromatic amines is 1. The molecule has 0 aliphatic heterocycles. The molecule has 2 heterocycles. The van der Waals surface area contributed by atoms with Crippen LogP contribution in [0.5, 0.6) is 0 Å². The number of anilines is 1. The summed E-state index contributed by atoms with van der Waals surface area (Å²) in [5.74, 6) is 0.810. The summed E-state index contributed by atoms with van der Waals surface area (Å²) in [6.07, 6.45) is 11.1. The molecule has 6 heteroatoms. The molecule has 2 aromatic heterocycles. The molecule has 0 bridgehead atoms. The number of nitrogens with one attached hydrogen (secondary N) is 2. The maximum atomic E-state index is 5.90. The highest BCUT2D eigenvalue weighted by Crippen LogP contribution is 2.20. The largest absolute Gasteiger partial charge is 0.378 e. The zero-order chi connectivity index (χ0) is 13.6. The minimum Gasteiger partial charge on any atom is -0.378 e. The minimum absolute atomic E-state index is 0.488. The summed E-state index contributed by atoms with van der Waals surface area (Å²) in [6.45, 7) is 1.66. The predicted octanol–water partition coefficient (Wildman–Crippen LogP) is 2.50. The van der Waals surface area contributed by atoms with Gasteiger partial charge in [-0.1, -0.05) is 19.3 Å². The van der Waals surface area contributed by atoms with Gasteiger partial charge < -0.3 is 15.0 Å². The molecule has 0 spiro atoms. The van der Waals surface area contributed by atoms with E-state index < -0.39 is 0 Å². The molecule has 20 heavy (non-hydrogen) atoms. The second-order valence-corrected chi connectivity index (χ2v) is 5.23. The molecule has 1 fully saturated rings. The molecule has 3 rings (SSSR count). The first-order valence-corrected chi connectivity index (χ1v) is 7.43. The summed E-state index contributed by atoms with van der Waals surface area (Å²) in [5, 5.41) is 3.31. The van der Waals surface area contributed by atoms with Gasteiger partial charge in [-0.15, -0.1) is 0 Å². The van der Waals surface area contributed by atoms with Crippen molar-refractivity contribution >= 4 is 17.0 Å². The van der Waals surface area contributed by atoms with Gasteiger partial charge in [-0.25, -0.2) is 15.0 Å². The molecule has 0 amide bonds. The van der Waals surface area contributed by atoms with Crippen molar-refractivity contribution in [3.63, 3.8) is 0 Å². The van der Waals surface area contributed by atoms with E-state index in [0.717, 1.165) is 30.9 Å². The zero-order valence-electron chi connectivity index (χ0n) is 11.6. The fraction of sp³-hybridized carbons (Fsp3) is 0.643. The van der Waals surface area contributed by atoms with E-state index in [1.54, 1.807) is 6.33 Å². The molecular formula is C14H21N5O. The first-order chi connectivity index (χ1) is 9.93. The number of imidazole rings is 1. The van der Waals surface area contributed by atoms with Gasteiger partial charge in [0.05, 0.1) is 12.4 Å². The van der Waals surface area contributed by atoms with E-state index in [1.807, 2.05) is 0 Å². The normalized spacial score (nSPS) is 16.6. The topological polar surface area (TPSA) is 75.7 Å². The summed E-state index contributed by atoms with van der Waals surface area (Å²) in [4.78, 5) is 15.5. The molecule has 2 aromatic rings. The van der Waals surface area contributed by atoms with Crippen molar-refractivity contribution in [1.29, 1.82) is 0 Å². The maximum absolute atomic E-state index is 5.90. The lowest BCUT2D eigenvalue weighted by Crippen LogP contribution is -2.18. The maximum Gasteiger partial charge on any atom is 0.182 e. The Hall–Kier alpha value is -1.69. The molecule has 0 aromatic carbocycles. The van der Waals surface area contributed by atoms with Crippen LogP contribution < -0.4 is 5.32 Å². The van der Waals surface area contributed by atoms with Gasteiger partial charge in [-0.2, -0.15) is 0 Å². The van der Waals surface area contributed by atoms with E-state index in [1.165, 1.54) is 38.4 Å². The number of nitrogens with zero attached hydrogens (tertiary/aromatic N) is 3. The summed E-state index contributed by atoms with van der Waals surface area (Å²) in [6, 6.07) is 0. The van der Waals surface area contributed by atoms with Gasteiger partial charge in [-0.3, -0.25) is 0 Å². The Bertz CT molecular complexity index is 535. The number of ether oxygens (including phenoxy) is 1. The van der Waals surface area contributed by atoms with Crippen molar-refractivity contribution in [2.24, 2.45) is 0 Å². The molecule has 0 atom stereocenters. The molecule has 1 aliphatic carbocycles. The van der Waals surface area contributed by atoms with Gasteiger partial charge in [0, 0.05) is 13.2 Å². The molecule has 1 aliphatic rings. The van der Waals surface area contributed by atoms with Gasteiger partial charge >= 0.3 is 0 Å². The lowest BCUT2D eigenvalue weighted by Gasteiger charge is -2.21. The average Bonchev–Trinajstić information content (AvgIpc) is 2.97. The Balaban J connectivity index is 1.40. The molecule has 1 saturated carbocycles. The van der Waals surface area contributed by atoms with E-state index in [2.05, 4.69) is 25.3 Å². The van der Waals surface area contributed by atoms with E-state index in [0.29, 0.717) is 11.8 Å². The molecular weight excluding hydrogens is 254 g/mol. The highest BCUT2D eigenvalue weighted by Gasteiger charge is 2.13. The van der Waals surface area contributed by atoms with Crippen LogP contribution in [0, 0.1) is 0 Å². The molecule has 0 unspecified atom stereocenters. The van der Waals surface area contributed by atoms with Crippen molar-refractivity contribution in [2.45, 2.75) is 44.6 Å². The summed E-state index contributed by atoms with van der Waals surface area (Å²) in [7, 11) is 0. The van der Waals surface area contributed by atoms with Gasteiger partial charge in [0.15, 0.2) is 11.5 Å². The smallest absolute Gasteiger partial charge is 0.182 e. The van der Waals surface area contributed by atoms with Crippen LogP contribution in [-0.2, 0) is 4.74 Å². The Morgan fingerprint density at radius 2 is 2.10 bits per heavy atom. The van der Waals surface area contributed by atoms with Gasteiger partial charge in [0.1, 0.15) is 11.8 Å². The van der Waals surface area contributed by atoms with Crippen molar-refractivity contribution in [3.05, 3.63) is 12.7 Å². The average molecular weight is 275 g/mol. The fourth-order valence-corrected chi connectivity index (χ4v) is 2.66. The van der Waals surface area contributed by atoms with Gasteiger partial charge in [-0.05, 0) is 19.3 Å². The van der Waals surface area contributed by atoms with Gasteiger partial charge in [0.2, 0.25) is 0 Å². The Morgan fingerprint density at radius 1 is 1.20 bits per heavy atom. The van der Waals surface area contributed by atoms with Crippen LogP contribution in [0.3, 0.4) is 0 Å². The molecule has 6 nitrogen and oxygen atoms in total. The first-order valence-electron chi connectivity index (χ1n) is 7.43. The molecule has 0 radical (unpaired) electrons. The highest BCUT2D eigenvalue weighted by molar-refractivity contribution is 5.81. The summed E-state index contributed by atoms with van der Waals surface area (Å²) in [5.41, 5.74) is 1.56. The first kappa shape index (κ1) is 13.3. The standard InChI is InChI=1S/C14H21N5O/c1-2-5-11(6-3-1)20-8-4-7-15-13-12-14(17-9-16-12)19-10-18-13/h9-11H,1-8H2,(H2,15,16,17,18,19). The third-order valence-corrected chi connectivity index (χ3v) is 3.74. The lowest BCUT2D eigenvalue weighted by atomic mass is 9.98. The number of hydrogen-bond acceptors (Lipinski definition) is 5. The van der Waals surface area contributed by atoms with E-state index >= 15 is 0 Å². The van der Waals surface area contributed by atoms with Crippen molar-refractivity contribution in [3.8, 4) is 0 Å². The van der Waals surface area contributed by atoms with Crippen LogP contribution in [0.15, 0.2) is 12.7 Å². The minimum atomic E-state index is 0.488. The second kappa shape index (κ2) is 6.65. The third-order valence-electron chi connectivity index (χ3n) is 3.74. The second-order valence-electron chi connectivity index (χ2n) is 5.23. The number of fused-ring (bicyclic) bond motifs is 1. The summed E-state index contributed by atoms with van der Waals surface area (Å²) < 4.78 is 5.90. The fourth-order valence-electron chi connectivity index (χ4n) is 2.66. The van der Waals surface area contributed by atoms with E-state index in [9.17, 15) is 0 Å². The predicted molar refractivity (Wildman–Crippen MR) is 77.6 cm³/mol. The van der Waals surface area contributed by atoms with E-state index in [-0.39, 0.29) is 0 Å². The number of aromatic nitrogens is 4. The van der Waals surface area contributed by atoms with E-state index in [4.69, 9.17) is 4.74 Å².